The monoisotopic (exact) mass is 196 g/mol. The highest BCUT2D eigenvalue weighted by molar-refractivity contribution is 6.31. The molecular weight excluding hydrogens is 184 g/mol. The summed E-state index contributed by atoms with van der Waals surface area (Å²) in [5.74, 6) is 0.919. The van der Waals surface area contributed by atoms with Gasteiger partial charge in [0.05, 0.1) is 11.0 Å². The zero-order valence-corrected chi connectivity index (χ0v) is 8.81. The van der Waals surface area contributed by atoms with Crippen molar-refractivity contribution in [3.8, 4) is 0 Å². The van der Waals surface area contributed by atoms with Gasteiger partial charge in [0, 0.05) is 5.02 Å². The summed E-state index contributed by atoms with van der Waals surface area (Å²) >= 11 is 5.78. The SMILES string of the molecule is CC.Cc1nc2ccc(Cl)cc2[nH]1. The highest BCUT2D eigenvalue weighted by atomic mass is 35.5. The van der Waals surface area contributed by atoms with Crippen molar-refractivity contribution in [3.63, 3.8) is 0 Å². The second-order valence-corrected chi connectivity index (χ2v) is 2.92. The molecule has 3 heteroatoms. The van der Waals surface area contributed by atoms with Crippen LogP contribution in [0.1, 0.15) is 19.7 Å². The molecule has 0 unspecified atom stereocenters. The Morgan fingerprint density at radius 1 is 1.31 bits per heavy atom. The number of hydrogen-bond donors (Lipinski definition) is 1. The van der Waals surface area contributed by atoms with Gasteiger partial charge in [-0.05, 0) is 25.1 Å². The number of benzene rings is 1. The van der Waals surface area contributed by atoms with Crippen molar-refractivity contribution in [2.24, 2.45) is 0 Å². The molecule has 0 saturated heterocycles. The first-order chi connectivity index (χ1) is 6.25. The first-order valence-electron chi connectivity index (χ1n) is 4.37. The minimum absolute atomic E-state index is 0.737. The standard InChI is InChI=1S/C8H7ClN2.C2H6/c1-5-10-7-3-2-6(9)4-8(7)11-5;1-2/h2-4H,1H3,(H,10,11);1-2H3. The molecule has 1 aromatic heterocycles. The molecule has 0 fully saturated rings. The summed E-state index contributed by atoms with van der Waals surface area (Å²) in [6.45, 7) is 5.92. The van der Waals surface area contributed by atoms with Gasteiger partial charge in [-0.15, -0.1) is 0 Å². The smallest absolute Gasteiger partial charge is 0.104 e. The van der Waals surface area contributed by atoms with Crippen LogP contribution < -0.4 is 0 Å². The third-order valence-electron chi connectivity index (χ3n) is 1.56. The molecule has 0 aliphatic carbocycles. The number of fused-ring (bicyclic) bond motifs is 1. The normalized spacial score (nSPS) is 9.54. The van der Waals surface area contributed by atoms with E-state index in [4.69, 9.17) is 11.6 Å². The van der Waals surface area contributed by atoms with Gasteiger partial charge in [-0.25, -0.2) is 4.98 Å². The van der Waals surface area contributed by atoms with Crippen molar-refractivity contribution in [1.29, 1.82) is 0 Å². The van der Waals surface area contributed by atoms with Crippen LogP contribution >= 0.6 is 11.6 Å². The zero-order valence-electron chi connectivity index (χ0n) is 8.06. The van der Waals surface area contributed by atoms with Crippen molar-refractivity contribution >= 4 is 22.6 Å². The molecule has 1 aromatic carbocycles. The Balaban J connectivity index is 0.000000396. The third-order valence-corrected chi connectivity index (χ3v) is 1.80. The fourth-order valence-electron chi connectivity index (χ4n) is 1.11. The summed E-state index contributed by atoms with van der Waals surface area (Å²) < 4.78 is 0. The van der Waals surface area contributed by atoms with Gasteiger partial charge in [-0.2, -0.15) is 0 Å². The predicted molar refractivity (Wildman–Crippen MR) is 57.2 cm³/mol. The van der Waals surface area contributed by atoms with Crippen LogP contribution in [-0.2, 0) is 0 Å². The topological polar surface area (TPSA) is 28.7 Å². The summed E-state index contributed by atoms with van der Waals surface area (Å²) in [7, 11) is 0. The second kappa shape index (κ2) is 4.28. The fraction of sp³-hybridized carbons (Fsp3) is 0.300. The Labute approximate surface area is 82.9 Å². The maximum Gasteiger partial charge on any atom is 0.104 e. The van der Waals surface area contributed by atoms with Gasteiger partial charge in [0.2, 0.25) is 0 Å². The zero-order chi connectivity index (χ0) is 9.84. The molecule has 13 heavy (non-hydrogen) atoms. The molecular formula is C10H13ClN2. The maximum atomic E-state index is 5.78. The average Bonchev–Trinajstić information content (AvgIpc) is 2.48. The fourth-order valence-corrected chi connectivity index (χ4v) is 1.28. The molecule has 0 amide bonds. The number of rotatable bonds is 0. The lowest BCUT2D eigenvalue weighted by Gasteiger charge is -1.87. The van der Waals surface area contributed by atoms with E-state index < -0.39 is 0 Å². The van der Waals surface area contributed by atoms with Gasteiger partial charge in [0.1, 0.15) is 5.82 Å². The number of aryl methyl sites for hydroxylation is 1. The number of H-pyrrole nitrogens is 1. The number of aromatic amines is 1. The molecule has 2 rings (SSSR count). The molecule has 0 bridgehead atoms. The van der Waals surface area contributed by atoms with Crippen molar-refractivity contribution in [3.05, 3.63) is 29.0 Å². The number of hydrogen-bond acceptors (Lipinski definition) is 1. The van der Waals surface area contributed by atoms with Gasteiger partial charge >= 0.3 is 0 Å². The van der Waals surface area contributed by atoms with E-state index in [1.165, 1.54) is 0 Å². The van der Waals surface area contributed by atoms with E-state index in [1.54, 1.807) is 0 Å². The summed E-state index contributed by atoms with van der Waals surface area (Å²) in [6, 6.07) is 5.61. The van der Waals surface area contributed by atoms with E-state index in [0.29, 0.717) is 0 Å². The van der Waals surface area contributed by atoms with Crippen LogP contribution in [0.25, 0.3) is 11.0 Å². The molecule has 2 aromatic rings. The minimum Gasteiger partial charge on any atom is -0.342 e. The van der Waals surface area contributed by atoms with Gasteiger partial charge in [-0.3, -0.25) is 0 Å². The molecule has 0 atom stereocenters. The van der Waals surface area contributed by atoms with E-state index in [-0.39, 0.29) is 0 Å². The Kier molecular flexibility index (Phi) is 3.32. The molecule has 0 spiro atoms. The van der Waals surface area contributed by atoms with Crippen molar-refractivity contribution in [2.45, 2.75) is 20.8 Å². The minimum atomic E-state index is 0.737. The lowest BCUT2D eigenvalue weighted by Crippen LogP contribution is -1.68. The van der Waals surface area contributed by atoms with Crippen LogP contribution in [0.3, 0.4) is 0 Å². The molecule has 0 aliphatic rings. The van der Waals surface area contributed by atoms with E-state index in [0.717, 1.165) is 21.9 Å². The quantitative estimate of drug-likeness (QED) is 0.686. The highest BCUT2D eigenvalue weighted by Crippen LogP contribution is 2.16. The Morgan fingerprint density at radius 3 is 2.69 bits per heavy atom. The molecule has 1 N–H and O–H groups in total. The van der Waals surface area contributed by atoms with E-state index >= 15 is 0 Å². The lowest BCUT2D eigenvalue weighted by atomic mass is 10.3. The van der Waals surface area contributed by atoms with E-state index in [1.807, 2.05) is 39.0 Å². The highest BCUT2D eigenvalue weighted by Gasteiger charge is 1.97. The van der Waals surface area contributed by atoms with Crippen LogP contribution in [-0.4, -0.2) is 9.97 Å². The predicted octanol–water partition coefficient (Wildman–Crippen LogP) is 3.55. The lowest BCUT2D eigenvalue weighted by molar-refractivity contribution is 1.17. The number of imidazole rings is 1. The van der Waals surface area contributed by atoms with Gasteiger partial charge in [-0.1, -0.05) is 25.4 Å². The van der Waals surface area contributed by atoms with Crippen LogP contribution in [0, 0.1) is 6.92 Å². The Bertz CT molecular complexity index is 393. The first kappa shape index (κ1) is 10.1. The van der Waals surface area contributed by atoms with Crippen LogP contribution in [0.15, 0.2) is 18.2 Å². The number of nitrogens with zero attached hydrogens (tertiary/aromatic N) is 1. The average molecular weight is 197 g/mol. The number of nitrogens with one attached hydrogen (secondary N) is 1. The molecule has 70 valence electrons. The summed E-state index contributed by atoms with van der Waals surface area (Å²) in [5, 5.41) is 0.737. The first-order valence-corrected chi connectivity index (χ1v) is 4.75. The van der Waals surface area contributed by atoms with Gasteiger partial charge in [0.15, 0.2) is 0 Å². The largest absolute Gasteiger partial charge is 0.342 e. The van der Waals surface area contributed by atoms with Crippen molar-refractivity contribution < 1.29 is 0 Å². The number of aromatic nitrogens is 2. The van der Waals surface area contributed by atoms with E-state index in [2.05, 4.69) is 9.97 Å². The van der Waals surface area contributed by atoms with Gasteiger partial charge < -0.3 is 4.98 Å². The van der Waals surface area contributed by atoms with Crippen LogP contribution in [0.5, 0.6) is 0 Å². The number of halogens is 1. The van der Waals surface area contributed by atoms with Crippen molar-refractivity contribution in [1.82, 2.24) is 9.97 Å². The Hall–Kier alpha value is -1.02. The second-order valence-electron chi connectivity index (χ2n) is 2.48. The van der Waals surface area contributed by atoms with Crippen molar-refractivity contribution in [2.75, 3.05) is 0 Å². The molecule has 0 radical (unpaired) electrons. The Morgan fingerprint density at radius 2 is 2.00 bits per heavy atom. The summed E-state index contributed by atoms with van der Waals surface area (Å²) in [5.41, 5.74) is 1.96. The van der Waals surface area contributed by atoms with E-state index in [9.17, 15) is 0 Å². The summed E-state index contributed by atoms with van der Waals surface area (Å²) in [4.78, 5) is 7.34. The molecule has 1 heterocycles. The third kappa shape index (κ3) is 2.22. The van der Waals surface area contributed by atoms with Crippen LogP contribution in [0.4, 0.5) is 0 Å². The maximum absolute atomic E-state index is 5.78. The molecule has 0 aliphatic heterocycles. The molecule has 2 nitrogen and oxygen atoms in total. The van der Waals surface area contributed by atoms with Gasteiger partial charge in [0.25, 0.3) is 0 Å². The molecule has 0 saturated carbocycles. The summed E-state index contributed by atoms with van der Waals surface area (Å²) in [6.07, 6.45) is 0. The van der Waals surface area contributed by atoms with Crippen LogP contribution in [0.2, 0.25) is 5.02 Å².